The van der Waals surface area contributed by atoms with Crippen LogP contribution < -0.4 is 5.32 Å². The number of hydrogen-bond donors (Lipinski definition) is 2. The molecule has 0 amide bonds. The van der Waals surface area contributed by atoms with E-state index in [0.717, 1.165) is 5.56 Å². The van der Waals surface area contributed by atoms with Crippen molar-refractivity contribution in [2.24, 2.45) is 0 Å². The molecule has 0 bridgehead atoms. The summed E-state index contributed by atoms with van der Waals surface area (Å²) in [5.41, 5.74) is 0.949. The topological polar surface area (TPSA) is 32.3 Å². The average molecular weight is 248 g/mol. The Bertz CT molecular complexity index is 328. The molecule has 0 saturated heterocycles. The van der Waals surface area contributed by atoms with E-state index in [4.69, 9.17) is 28.3 Å². The fourth-order valence-electron chi connectivity index (χ4n) is 1.30. The maximum absolute atomic E-state index is 9.15. The van der Waals surface area contributed by atoms with Crippen molar-refractivity contribution in [1.82, 2.24) is 5.32 Å². The molecule has 0 aliphatic carbocycles. The first-order valence-corrected chi connectivity index (χ1v) is 5.62. The molecule has 0 radical (unpaired) electrons. The first-order chi connectivity index (χ1) is 7.00. The Morgan fingerprint density at radius 2 is 2.00 bits per heavy atom. The minimum Gasteiger partial charge on any atom is -0.392 e. The molecule has 2 nitrogen and oxygen atoms in total. The SMILES string of the molecule is CC(NC[C@H](C)O)c1cc(Cl)ccc1Cl. The van der Waals surface area contributed by atoms with Crippen LogP contribution in [-0.4, -0.2) is 17.8 Å². The van der Waals surface area contributed by atoms with Crippen LogP contribution in [-0.2, 0) is 0 Å². The summed E-state index contributed by atoms with van der Waals surface area (Å²) in [6.45, 7) is 4.25. The molecule has 1 unspecified atom stereocenters. The van der Waals surface area contributed by atoms with E-state index in [2.05, 4.69) is 5.32 Å². The highest BCUT2D eigenvalue weighted by atomic mass is 35.5. The molecule has 0 aliphatic rings. The quantitative estimate of drug-likeness (QED) is 0.858. The summed E-state index contributed by atoms with van der Waals surface area (Å²) in [6.07, 6.45) is -0.370. The minimum absolute atomic E-state index is 0.0748. The monoisotopic (exact) mass is 247 g/mol. The van der Waals surface area contributed by atoms with Crippen LogP contribution in [0.25, 0.3) is 0 Å². The molecule has 2 N–H and O–H groups in total. The van der Waals surface area contributed by atoms with E-state index in [1.807, 2.05) is 13.0 Å². The van der Waals surface area contributed by atoms with Gasteiger partial charge in [-0.1, -0.05) is 23.2 Å². The number of halogens is 2. The summed E-state index contributed by atoms with van der Waals surface area (Å²) in [5.74, 6) is 0. The van der Waals surface area contributed by atoms with Crippen LogP contribution in [0.3, 0.4) is 0 Å². The minimum atomic E-state index is -0.370. The lowest BCUT2D eigenvalue weighted by atomic mass is 10.1. The number of aliphatic hydroxyl groups excluding tert-OH is 1. The van der Waals surface area contributed by atoms with E-state index in [0.29, 0.717) is 16.6 Å². The van der Waals surface area contributed by atoms with Gasteiger partial charge in [-0.3, -0.25) is 0 Å². The summed E-state index contributed by atoms with van der Waals surface area (Å²) < 4.78 is 0. The maximum Gasteiger partial charge on any atom is 0.0636 e. The molecule has 0 fully saturated rings. The highest BCUT2D eigenvalue weighted by molar-refractivity contribution is 6.33. The summed E-state index contributed by atoms with van der Waals surface area (Å²) in [6, 6.07) is 5.45. The molecule has 0 aromatic heterocycles. The Morgan fingerprint density at radius 1 is 1.33 bits per heavy atom. The number of rotatable bonds is 4. The zero-order chi connectivity index (χ0) is 11.4. The van der Waals surface area contributed by atoms with Crippen molar-refractivity contribution < 1.29 is 5.11 Å². The standard InChI is InChI=1S/C11H15Cl2NO/c1-7(15)6-14-8(2)10-5-9(12)3-4-11(10)13/h3-5,7-8,14-15H,6H2,1-2H3/t7-,8?/m0/s1. The fraction of sp³-hybridized carbons (Fsp3) is 0.455. The van der Waals surface area contributed by atoms with E-state index in [1.54, 1.807) is 19.1 Å². The predicted octanol–water partition coefficient (Wildman–Crippen LogP) is 3.02. The van der Waals surface area contributed by atoms with Crippen molar-refractivity contribution in [2.75, 3.05) is 6.54 Å². The van der Waals surface area contributed by atoms with Crippen molar-refractivity contribution in [1.29, 1.82) is 0 Å². The highest BCUT2D eigenvalue weighted by Crippen LogP contribution is 2.25. The lowest BCUT2D eigenvalue weighted by Gasteiger charge is -2.17. The normalized spacial score (nSPS) is 15.0. The van der Waals surface area contributed by atoms with E-state index in [-0.39, 0.29) is 12.1 Å². The Balaban J connectivity index is 2.72. The molecule has 4 heteroatoms. The lowest BCUT2D eigenvalue weighted by molar-refractivity contribution is 0.187. The molecule has 15 heavy (non-hydrogen) atoms. The van der Waals surface area contributed by atoms with Crippen molar-refractivity contribution >= 4 is 23.2 Å². The van der Waals surface area contributed by atoms with E-state index < -0.39 is 0 Å². The van der Waals surface area contributed by atoms with Gasteiger partial charge in [-0.25, -0.2) is 0 Å². The second kappa shape index (κ2) is 5.71. The van der Waals surface area contributed by atoms with Crippen molar-refractivity contribution in [3.8, 4) is 0 Å². The zero-order valence-electron chi connectivity index (χ0n) is 8.80. The third-order valence-corrected chi connectivity index (χ3v) is 2.72. The predicted molar refractivity (Wildman–Crippen MR) is 64.6 cm³/mol. The number of aliphatic hydroxyl groups is 1. The van der Waals surface area contributed by atoms with Gasteiger partial charge in [-0.2, -0.15) is 0 Å². The summed E-state index contributed by atoms with van der Waals surface area (Å²) in [7, 11) is 0. The molecule has 0 spiro atoms. The van der Waals surface area contributed by atoms with Gasteiger partial charge >= 0.3 is 0 Å². The molecule has 0 heterocycles. The van der Waals surface area contributed by atoms with Gasteiger partial charge in [0, 0.05) is 22.6 Å². The Labute approximate surface area is 100 Å². The van der Waals surface area contributed by atoms with Crippen LogP contribution >= 0.6 is 23.2 Å². The van der Waals surface area contributed by atoms with Gasteiger partial charge in [0.1, 0.15) is 0 Å². The maximum atomic E-state index is 9.15. The smallest absolute Gasteiger partial charge is 0.0636 e. The van der Waals surface area contributed by atoms with Crippen molar-refractivity contribution in [3.63, 3.8) is 0 Å². The molecule has 84 valence electrons. The molecule has 0 saturated carbocycles. The van der Waals surface area contributed by atoms with Crippen molar-refractivity contribution in [3.05, 3.63) is 33.8 Å². The van der Waals surface area contributed by atoms with Crippen LogP contribution in [0.5, 0.6) is 0 Å². The Morgan fingerprint density at radius 3 is 2.60 bits per heavy atom. The second-order valence-corrected chi connectivity index (χ2v) is 4.49. The molecular formula is C11H15Cl2NO. The van der Waals surface area contributed by atoms with Gasteiger partial charge < -0.3 is 10.4 Å². The van der Waals surface area contributed by atoms with Gasteiger partial charge in [0.05, 0.1) is 6.10 Å². The average Bonchev–Trinajstić information content (AvgIpc) is 2.18. The second-order valence-electron chi connectivity index (χ2n) is 3.64. The first kappa shape index (κ1) is 12.8. The van der Waals surface area contributed by atoms with Crippen LogP contribution in [0.1, 0.15) is 25.5 Å². The van der Waals surface area contributed by atoms with E-state index in [9.17, 15) is 0 Å². The zero-order valence-corrected chi connectivity index (χ0v) is 10.3. The van der Waals surface area contributed by atoms with E-state index >= 15 is 0 Å². The van der Waals surface area contributed by atoms with Crippen LogP contribution in [0.2, 0.25) is 10.0 Å². The summed E-state index contributed by atoms with van der Waals surface area (Å²) in [4.78, 5) is 0. The molecule has 1 aromatic carbocycles. The van der Waals surface area contributed by atoms with Crippen molar-refractivity contribution in [2.45, 2.75) is 26.0 Å². The highest BCUT2D eigenvalue weighted by Gasteiger charge is 2.10. The molecule has 0 aliphatic heterocycles. The van der Waals surface area contributed by atoms with E-state index in [1.165, 1.54) is 0 Å². The molecular weight excluding hydrogens is 233 g/mol. The first-order valence-electron chi connectivity index (χ1n) is 4.87. The Hall–Kier alpha value is -0.280. The van der Waals surface area contributed by atoms with Gasteiger partial charge in [-0.05, 0) is 37.6 Å². The third-order valence-electron chi connectivity index (χ3n) is 2.14. The number of nitrogens with one attached hydrogen (secondary N) is 1. The molecule has 2 atom stereocenters. The fourth-order valence-corrected chi connectivity index (χ4v) is 1.77. The van der Waals surface area contributed by atoms with Crippen LogP contribution in [0.4, 0.5) is 0 Å². The van der Waals surface area contributed by atoms with Gasteiger partial charge in [0.2, 0.25) is 0 Å². The van der Waals surface area contributed by atoms with Gasteiger partial charge in [0.15, 0.2) is 0 Å². The molecule has 1 aromatic rings. The Kier molecular flexibility index (Phi) is 4.87. The largest absolute Gasteiger partial charge is 0.392 e. The molecule has 1 rings (SSSR count). The summed E-state index contributed by atoms with van der Waals surface area (Å²) in [5, 5.41) is 13.7. The number of benzene rings is 1. The van der Waals surface area contributed by atoms with Crippen LogP contribution in [0.15, 0.2) is 18.2 Å². The summed E-state index contributed by atoms with van der Waals surface area (Å²) >= 11 is 11.9. The van der Waals surface area contributed by atoms with Crippen LogP contribution in [0, 0.1) is 0 Å². The van der Waals surface area contributed by atoms with Gasteiger partial charge in [-0.15, -0.1) is 0 Å². The lowest BCUT2D eigenvalue weighted by Crippen LogP contribution is -2.27. The number of hydrogen-bond acceptors (Lipinski definition) is 2. The third kappa shape index (κ3) is 3.99. The van der Waals surface area contributed by atoms with Gasteiger partial charge in [0.25, 0.3) is 0 Å².